The molecule has 0 fully saturated rings. The number of aromatic amines is 1. The van der Waals surface area contributed by atoms with Crippen molar-refractivity contribution in [1.29, 1.82) is 5.26 Å². The average molecular weight is 450 g/mol. The molecule has 6 nitrogen and oxygen atoms in total. The van der Waals surface area contributed by atoms with E-state index in [2.05, 4.69) is 33.1 Å². The Kier molecular flexibility index (Phi) is 4.66. The number of halogens is 2. The van der Waals surface area contributed by atoms with Gasteiger partial charge in [-0.2, -0.15) is 5.26 Å². The van der Waals surface area contributed by atoms with E-state index in [9.17, 15) is 5.26 Å². The summed E-state index contributed by atoms with van der Waals surface area (Å²) in [5, 5.41) is 19.1. The summed E-state index contributed by atoms with van der Waals surface area (Å²) in [7, 11) is 0. The van der Waals surface area contributed by atoms with E-state index in [1.54, 1.807) is 6.07 Å². The molecule has 31 heavy (non-hydrogen) atoms. The third kappa shape index (κ3) is 3.14. The summed E-state index contributed by atoms with van der Waals surface area (Å²) in [6, 6.07) is 15.9. The topological polar surface area (TPSA) is 92.7 Å². The molecule has 1 atom stereocenters. The monoisotopic (exact) mass is 449 g/mol. The Morgan fingerprint density at radius 1 is 1.23 bits per heavy atom. The van der Waals surface area contributed by atoms with Crippen LogP contribution in [0.1, 0.15) is 28.3 Å². The van der Waals surface area contributed by atoms with Gasteiger partial charge in [-0.15, -0.1) is 5.10 Å². The van der Waals surface area contributed by atoms with Crippen molar-refractivity contribution in [1.82, 2.24) is 14.8 Å². The van der Waals surface area contributed by atoms with E-state index in [1.165, 1.54) is 0 Å². The van der Waals surface area contributed by atoms with Gasteiger partial charge in [0.05, 0.1) is 16.0 Å². The van der Waals surface area contributed by atoms with Crippen LogP contribution in [0.5, 0.6) is 5.88 Å². The molecule has 0 bridgehead atoms. The number of benzene rings is 2. The summed E-state index contributed by atoms with van der Waals surface area (Å²) in [6.45, 7) is 2.51. The van der Waals surface area contributed by atoms with Crippen LogP contribution in [0.25, 0.3) is 10.9 Å². The fourth-order valence-electron chi connectivity index (χ4n) is 4.18. The van der Waals surface area contributed by atoms with Crippen LogP contribution in [0.15, 0.2) is 60.1 Å². The van der Waals surface area contributed by atoms with Gasteiger partial charge in [-0.1, -0.05) is 47.5 Å². The van der Waals surface area contributed by atoms with Gasteiger partial charge in [-0.05, 0) is 36.2 Å². The van der Waals surface area contributed by atoms with Crippen molar-refractivity contribution < 1.29 is 4.74 Å². The summed E-state index contributed by atoms with van der Waals surface area (Å²) in [5.41, 5.74) is 11.1. The minimum absolute atomic E-state index is 0.0767. The molecular formula is C23H17Cl2N5O. The Balaban J connectivity index is 1.70. The smallest absolute Gasteiger partial charge is 0.244 e. The molecule has 1 aliphatic heterocycles. The lowest BCUT2D eigenvalue weighted by molar-refractivity contribution is 0.379. The predicted octanol–water partition coefficient (Wildman–Crippen LogP) is 5.25. The number of nitrogens with one attached hydrogen (secondary N) is 1. The van der Waals surface area contributed by atoms with Crippen molar-refractivity contribution in [2.45, 2.75) is 19.4 Å². The molecular weight excluding hydrogens is 433 g/mol. The van der Waals surface area contributed by atoms with Crippen LogP contribution in [0.2, 0.25) is 10.0 Å². The van der Waals surface area contributed by atoms with E-state index < -0.39 is 0 Å². The summed E-state index contributed by atoms with van der Waals surface area (Å²) in [6.07, 6.45) is 2.06. The van der Waals surface area contributed by atoms with Crippen LogP contribution in [-0.2, 0) is 6.54 Å². The fraction of sp³-hybridized carbons (Fsp3) is 0.130. The molecule has 154 valence electrons. The number of hydrogen-bond acceptors (Lipinski definition) is 4. The number of fused-ring (bicyclic) bond motifs is 2. The summed E-state index contributed by atoms with van der Waals surface area (Å²) >= 11 is 12.3. The van der Waals surface area contributed by atoms with Crippen molar-refractivity contribution in [3.8, 4) is 11.9 Å². The maximum atomic E-state index is 9.89. The first-order chi connectivity index (χ1) is 15.0. The molecule has 0 amide bonds. The fourth-order valence-corrected chi connectivity index (χ4v) is 4.50. The lowest BCUT2D eigenvalue weighted by Gasteiger charge is -2.23. The van der Waals surface area contributed by atoms with Gasteiger partial charge in [0.1, 0.15) is 11.6 Å². The van der Waals surface area contributed by atoms with Gasteiger partial charge in [0.2, 0.25) is 11.8 Å². The Labute approximate surface area is 188 Å². The number of nitriles is 1. The Hall–Kier alpha value is -3.40. The van der Waals surface area contributed by atoms with E-state index in [4.69, 9.17) is 33.7 Å². The second kappa shape index (κ2) is 7.38. The lowest BCUT2D eigenvalue weighted by atomic mass is 9.84. The average Bonchev–Trinajstić information content (AvgIpc) is 3.30. The van der Waals surface area contributed by atoms with Crippen molar-refractivity contribution in [3.05, 3.63) is 92.5 Å². The number of allylic oxidation sites excluding steroid dienone is 1. The highest BCUT2D eigenvalue weighted by Gasteiger charge is 2.35. The lowest BCUT2D eigenvalue weighted by Crippen LogP contribution is -2.21. The molecule has 0 saturated carbocycles. The highest BCUT2D eigenvalue weighted by atomic mass is 35.5. The molecule has 8 heteroatoms. The Morgan fingerprint density at radius 3 is 2.81 bits per heavy atom. The van der Waals surface area contributed by atoms with Crippen LogP contribution >= 0.6 is 23.2 Å². The number of nitrogens with zero attached hydrogens (tertiary/aromatic N) is 3. The van der Waals surface area contributed by atoms with E-state index in [0.29, 0.717) is 28.0 Å². The number of aryl methyl sites for hydroxylation is 1. The standard InChI is InChI=1S/C23H17Cl2N5O/c1-12-20-21(15(9-26)22(27)31-23(20)29-28-12)16-11-30(19-5-3-2-4-14(16)19)10-13-6-7-17(24)18(25)8-13/h2-8,11,21H,10,27H2,1H3,(H,28,29). The van der Waals surface area contributed by atoms with Crippen LogP contribution in [0.3, 0.4) is 0 Å². The number of ether oxygens (including phenoxy) is 1. The summed E-state index contributed by atoms with van der Waals surface area (Å²) < 4.78 is 7.74. The molecule has 1 aliphatic rings. The van der Waals surface area contributed by atoms with Crippen LogP contribution < -0.4 is 10.5 Å². The number of H-pyrrole nitrogens is 1. The first kappa shape index (κ1) is 19.6. The van der Waals surface area contributed by atoms with Gasteiger partial charge in [0.25, 0.3) is 0 Å². The van der Waals surface area contributed by atoms with E-state index in [-0.39, 0.29) is 11.8 Å². The normalized spacial score (nSPS) is 15.6. The van der Waals surface area contributed by atoms with Crippen LogP contribution in [0, 0.1) is 18.3 Å². The van der Waals surface area contributed by atoms with Crippen molar-refractivity contribution in [2.75, 3.05) is 0 Å². The van der Waals surface area contributed by atoms with E-state index in [1.807, 2.05) is 37.3 Å². The van der Waals surface area contributed by atoms with Crippen molar-refractivity contribution in [3.63, 3.8) is 0 Å². The first-order valence-corrected chi connectivity index (χ1v) is 10.4. The van der Waals surface area contributed by atoms with Gasteiger partial charge in [0, 0.05) is 34.9 Å². The molecule has 0 aliphatic carbocycles. The molecule has 5 rings (SSSR count). The van der Waals surface area contributed by atoms with Crippen LogP contribution in [0.4, 0.5) is 0 Å². The molecule has 3 N–H and O–H groups in total. The summed E-state index contributed by atoms with van der Waals surface area (Å²) in [4.78, 5) is 0. The van der Waals surface area contributed by atoms with Crippen LogP contribution in [-0.4, -0.2) is 14.8 Å². The SMILES string of the molecule is Cc1[nH]nc2c1C(c1cn(Cc3ccc(Cl)c(Cl)c3)c3ccccc13)C(C#N)=C(N)O2. The zero-order valence-corrected chi connectivity index (χ0v) is 18.0. The number of rotatable bonds is 3. The molecule has 2 aromatic carbocycles. The second-order valence-electron chi connectivity index (χ2n) is 7.47. The van der Waals surface area contributed by atoms with Crippen molar-refractivity contribution >= 4 is 34.1 Å². The number of para-hydroxylation sites is 1. The maximum absolute atomic E-state index is 9.89. The van der Waals surface area contributed by atoms with E-state index in [0.717, 1.165) is 33.3 Å². The highest BCUT2D eigenvalue weighted by Crippen LogP contribution is 2.45. The van der Waals surface area contributed by atoms with Gasteiger partial charge in [-0.3, -0.25) is 5.10 Å². The Morgan fingerprint density at radius 2 is 2.03 bits per heavy atom. The largest absolute Gasteiger partial charge is 0.420 e. The number of nitrogens with two attached hydrogens (primary N) is 1. The minimum Gasteiger partial charge on any atom is -0.420 e. The molecule has 1 unspecified atom stereocenters. The Bertz CT molecular complexity index is 1410. The molecule has 2 aromatic heterocycles. The quantitative estimate of drug-likeness (QED) is 0.446. The second-order valence-corrected chi connectivity index (χ2v) is 8.28. The van der Waals surface area contributed by atoms with Crippen molar-refractivity contribution in [2.24, 2.45) is 5.73 Å². The highest BCUT2D eigenvalue weighted by molar-refractivity contribution is 6.42. The molecule has 0 saturated heterocycles. The van der Waals surface area contributed by atoms with Gasteiger partial charge >= 0.3 is 0 Å². The number of aromatic nitrogens is 3. The predicted molar refractivity (Wildman–Crippen MR) is 120 cm³/mol. The third-order valence-corrected chi connectivity index (χ3v) is 6.34. The van der Waals surface area contributed by atoms with Gasteiger partial charge in [-0.25, -0.2) is 0 Å². The molecule has 0 radical (unpaired) electrons. The minimum atomic E-state index is -0.382. The zero-order chi connectivity index (χ0) is 21.7. The number of hydrogen-bond donors (Lipinski definition) is 2. The van der Waals surface area contributed by atoms with Gasteiger partial charge < -0.3 is 15.0 Å². The molecule has 4 aromatic rings. The zero-order valence-electron chi connectivity index (χ0n) is 16.5. The maximum Gasteiger partial charge on any atom is 0.244 e. The third-order valence-electron chi connectivity index (χ3n) is 5.60. The molecule has 3 heterocycles. The summed E-state index contributed by atoms with van der Waals surface area (Å²) in [5.74, 6) is 0.0978. The van der Waals surface area contributed by atoms with E-state index >= 15 is 0 Å². The van der Waals surface area contributed by atoms with Gasteiger partial charge in [0.15, 0.2) is 0 Å². The first-order valence-electron chi connectivity index (χ1n) is 9.62. The molecule has 0 spiro atoms.